The summed E-state index contributed by atoms with van der Waals surface area (Å²) in [5.74, 6) is 1.06. The minimum absolute atomic E-state index is 0.0761. The number of amides is 1. The Morgan fingerprint density at radius 3 is 2.63 bits per heavy atom. The molecule has 0 atom stereocenters. The van der Waals surface area contributed by atoms with Gasteiger partial charge in [-0.25, -0.2) is 4.98 Å². The molecule has 0 aliphatic rings. The highest BCUT2D eigenvalue weighted by molar-refractivity contribution is 7.99. The predicted molar refractivity (Wildman–Crippen MR) is 124 cm³/mol. The Morgan fingerprint density at radius 2 is 1.93 bits per heavy atom. The van der Waals surface area contributed by atoms with Crippen LogP contribution in [-0.4, -0.2) is 46.3 Å². The number of rotatable bonds is 10. The molecule has 0 radical (unpaired) electrons. The van der Waals surface area contributed by atoms with E-state index < -0.39 is 0 Å². The van der Waals surface area contributed by atoms with Crippen LogP contribution in [0.2, 0.25) is 0 Å². The summed E-state index contributed by atoms with van der Waals surface area (Å²) in [6.45, 7) is 5.98. The van der Waals surface area contributed by atoms with E-state index in [-0.39, 0.29) is 17.2 Å². The third-order valence-corrected chi connectivity index (χ3v) is 6.57. The number of hydrogen-bond donors (Lipinski definition) is 0. The standard InChI is InChI=1S/C22H27N3O3S2/c1-4-11-24(12-5-2)19(26)15-30-22-23-17-10-13-29-20(17)21(27)25(22)14-16-8-6-7-9-18(16)28-3/h6-10,13H,4-5,11-12,14-15H2,1-3H3. The van der Waals surface area contributed by atoms with Gasteiger partial charge in [-0.1, -0.05) is 43.8 Å². The third kappa shape index (κ3) is 5.05. The summed E-state index contributed by atoms with van der Waals surface area (Å²) in [7, 11) is 1.62. The van der Waals surface area contributed by atoms with Crippen molar-refractivity contribution in [3.8, 4) is 5.75 Å². The third-order valence-electron chi connectivity index (χ3n) is 4.72. The maximum Gasteiger partial charge on any atom is 0.272 e. The van der Waals surface area contributed by atoms with Crippen molar-refractivity contribution < 1.29 is 9.53 Å². The lowest BCUT2D eigenvalue weighted by Crippen LogP contribution is -2.34. The molecule has 160 valence electrons. The Balaban J connectivity index is 1.92. The first-order valence-corrected chi connectivity index (χ1v) is 12.0. The van der Waals surface area contributed by atoms with Gasteiger partial charge < -0.3 is 9.64 Å². The van der Waals surface area contributed by atoms with Crippen LogP contribution in [0.25, 0.3) is 10.2 Å². The number of carbonyl (C=O) groups is 1. The molecule has 0 aliphatic heterocycles. The van der Waals surface area contributed by atoms with Crippen LogP contribution in [0.1, 0.15) is 32.3 Å². The van der Waals surface area contributed by atoms with E-state index in [1.54, 1.807) is 11.7 Å². The van der Waals surface area contributed by atoms with Crippen molar-refractivity contribution in [1.82, 2.24) is 14.5 Å². The van der Waals surface area contributed by atoms with Crippen molar-refractivity contribution in [3.63, 3.8) is 0 Å². The summed E-state index contributed by atoms with van der Waals surface area (Å²) >= 11 is 2.71. The Bertz CT molecular complexity index is 1060. The zero-order valence-electron chi connectivity index (χ0n) is 17.6. The van der Waals surface area contributed by atoms with Crippen LogP contribution >= 0.6 is 23.1 Å². The molecule has 30 heavy (non-hydrogen) atoms. The molecule has 3 aromatic rings. The molecule has 0 N–H and O–H groups in total. The molecule has 0 spiro atoms. The molecule has 3 rings (SSSR count). The van der Waals surface area contributed by atoms with Gasteiger partial charge in [0, 0.05) is 18.7 Å². The second-order valence-corrected chi connectivity index (χ2v) is 8.76. The van der Waals surface area contributed by atoms with Crippen molar-refractivity contribution in [3.05, 3.63) is 51.6 Å². The molecule has 0 aliphatic carbocycles. The van der Waals surface area contributed by atoms with E-state index in [9.17, 15) is 9.59 Å². The number of ether oxygens (including phenoxy) is 1. The average molecular weight is 446 g/mol. The Kier molecular flexibility index (Phi) is 7.93. The average Bonchev–Trinajstić information content (AvgIpc) is 3.23. The molecule has 2 aromatic heterocycles. The van der Waals surface area contributed by atoms with Crippen LogP contribution in [0, 0.1) is 0 Å². The van der Waals surface area contributed by atoms with Gasteiger partial charge in [0.25, 0.3) is 5.56 Å². The second kappa shape index (κ2) is 10.6. The molecule has 0 fully saturated rings. The van der Waals surface area contributed by atoms with Crippen LogP contribution in [0.3, 0.4) is 0 Å². The minimum atomic E-state index is -0.0881. The molecule has 0 saturated carbocycles. The number of para-hydroxylation sites is 1. The van der Waals surface area contributed by atoms with Crippen LogP contribution in [0.15, 0.2) is 45.7 Å². The van der Waals surface area contributed by atoms with E-state index in [2.05, 4.69) is 13.8 Å². The molecule has 6 nitrogen and oxygen atoms in total. The highest BCUT2D eigenvalue weighted by Crippen LogP contribution is 2.24. The van der Waals surface area contributed by atoms with Crippen LogP contribution in [-0.2, 0) is 11.3 Å². The first-order chi connectivity index (χ1) is 14.6. The quantitative estimate of drug-likeness (QED) is 0.345. The Hall–Kier alpha value is -2.32. The zero-order valence-corrected chi connectivity index (χ0v) is 19.2. The van der Waals surface area contributed by atoms with Gasteiger partial charge in [-0.15, -0.1) is 11.3 Å². The summed E-state index contributed by atoms with van der Waals surface area (Å²) in [5, 5.41) is 2.43. The molecular formula is C22H27N3O3S2. The topological polar surface area (TPSA) is 64.4 Å². The largest absolute Gasteiger partial charge is 0.496 e. The number of aromatic nitrogens is 2. The van der Waals surface area contributed by atoms with Crippen molar-refractivity contribution in [2.45, 2.75) is 38.4 Å². The lowest BCUT2D eigenvalue weighted by Gasteiger charge is -2.21. The molecule has 1 amide bonds. The van der Waals surface area contributed by atoms with Gasteiger partial charge in [0.1, 0.15) is 10.4 Å². The second-order valence-electron chi connectivity index (χ2n) is 6.90. The lowest BCUT2D eigenvalue weighted by atomic mass is 10.2. The van der Waals surface area contributed by atoms with Gasteiger partial charge in [0.05, 0.1) is 24.9 Å². The number of benzene rings is 1. The first kappa shape index (κ1) is 22.4. The van der Waals surface area contributed by atoms with Crippen LogP contribution in [0.4, 0.5) is 0 Å². The maximum atomic E-state index is 13.2. The smallest absolute Gasteiger partial charge is 0.272 e. The van der Waals surface area contributed by atoms with E-state index in [4.69, 9.17) is 9.72 Å². The van der Waals surface area contributed by atoms with E-state index in [1.807, 2.05) is 40.6 Å². The number of methoxy groups -OCH3 is 1. The maximum absolute atomic E-state index is 13.2. The number of hydrogen-bond acceptors (Lipinski definition) is 6. The SMILES string of the molecule is CCCN(CCC)C(=O)CSc1nc2ccsc2c(=O)n1Cc1ccccc1OC. The van der Waals surface area contributed by atoms with Crippen molar-refractivity contribution in [1.29, 1.82) is 0 Å². The zero-order chi connectivity index (χ0) is 21.5. The number of thiophene rings is 1. The van der Waals surface area contributed by atoms with Gasteiger partial charge in [-0.3, -0.25) is 14.2 Å². The number of thioether (sulfide) groups is 1. The molecule has 8 heteroatoms. The van der Waals surface area contributed by atoms with Crippen molar-refractivity contribution in [2.75, 3.05) is 26.0 Å². The highest BCUT2D eigenvalue weighted by atomic mass is 32.2. The highest BCUT2D eigenvalue weighted by Gasteiger charge is 2.18. The lowest BCUT2D eigenvalue weighted by molar-refractivity contribution is -0.128. The molecular weight excluding hydrogens is 418 g/mol. The molecule has 0 unspecified atom stereocenters. The number of carbonyl (C=O) groups excluding carboxylic acids is 1. The predicted octanol–water partition coefficient (Wildman–Crippen LogP) is 4.26. The van der Waals surface area contributed by atoms with E-state index in [0.29, 0.717) is 21.9 Å². The molecule has 0 bridgehead atoms. The van der Waals surface area contributed by atoms with Gasteiger partial charge in [-0.05, 0) is 30.4 Å². The Labute approximate surface area is 184 Å². The van der Waals surface area contributed by atoms with Gasteiger partial charge in [0.2, 0.25) is 5.91 Å². The first-order valence-electron chi connectivity index (χ1n) is 10.1. The van der Waals surface area contributed by atoms with Gasteiger partial charge in [-0.2, -0.15) is 0 Å². The summed E-state index contributed by atoms with van der Waals surface area (Å²) in [4.78, 5) is 32.5. The summed E-state index contributed by atoms with van der Waals surface area (Å²) in [6, 6.07) is 9.48. The summed E-state index contributed by atoms with van der Waals surface area (Å²) in [5.41, 5.74) is 1.48. The normalized spacial score (nSPS) is 11.0. The number of nitrogens with zero attached hydrogens (tertiary/aromatic N) is 3. The van der Waals surface area contributed by atoms with Crippen molar-refractivity contribution >= 4 is 39.2 Å². The molecule has 2 heterocycles. The van der Waals surface area contributed by atoms with E-state index in [0.717, 1.165) is 37.2 Å². The summed E-state index contributed by atoms with van der Waals surface area (Å²) in [6.07, 6.45) is 1.85. The Morgan fingerprint density at radius 1 is 1.20 bits per heavy atom. The van der Waals surface area contributed by atoms with E-state index in [1.165, 1.54) is 23.1 Å². The fourth-order valence-corrected chi connectivity index (χ4v) is 4.98. The minimum Gasteiger partial charge on any atom is -0.496 e. The molecule has 0 saturated heterocycles. The van der Waals surface area contributed by atoms with Crippen LogP contribution in [0.5, 0.6) is 5.75 Å². The van der Waals surface area contributed by atoms with Crippen molar-refractivity contribution in [2.24, 2.45) is 0 Å². The monoisotopic (exact) mass is 445 g/mol. The van der Waals surface area contributed by atoms with Gasteiger partial charge >= 0.3 is 0 Å². The van der Waals surface area contributed by atoms with Crippen LogP contribution < -0.4 is 10.3 Å². The number of fused-ring (bicyclic) bond motifs is 1. The van der Waals surface area contributed by atoms with E-state index >= 15 is 0 Å². The molecule has 1 aromatic carbocycles. The van der Waals surface area contributed by atoms with Gasteiger partial charge in [0.15, 0.2) is 5.16 Å². The fourth-order valence-electron chi connectivity index (χ4n) is 3.30. The fraction of sp³-hybridized carbons (Fsp3) is 0.409. The summed E-state index contributed by atoms with van der Waals surface area (Å²) < 4.78 is 7.73.